The van der Waals surface area contributed by atoms with Crippen LogP contribution in [0.1, 0.15) is 55.8 Å². The van der Waals surface area contributed by atoms with Gasteiger partial charge in [-0.25, -0.2) is 0 Å². The van der Waals surface area contributed by atoms with Gasteiger partial charge in [-0.05, 0) is 24.6 Å². The maximum Gasteiger partial charge on any atom is 0.163 e. The molecule has 0 fully saturated rings. The molecule has 6 heteroatoms. The van der Waals surface area contributed by atoms with Crippen LogP contribution in [0.25, 0.3) is 0 Å². The summed E-state index contributed by atoms with van der Waals surface area (Å²) in [4.78, 5) is 12.5. The Bertz CT molecular complexity index is 560. The fraction of sp³-hybridized carbons (Fsp3) is 0.682. The molecule has 0 aliphatic carbocycles. The third kappa shape index (κ3) is 9.04. The number of hydrogen-bond donors (Lipinski definition) is 0. The standard InChI is InChI=1S/C22H34O6/c1-2-3-4-5-6-7-20(23)19-8-9-21-22(18-19)28-17-15-26-13-11-24-10-12-25-14-16-27-21/h8-9,18H,2-7,10-17H2,1H3. The van der Waals surface area contributed by atoms with Gasteiger partial charge in [0.1, 0.15) is 13.2 Å². The number of ether oxygens (including phenoxy) is 5. The Balaban J connectivity index is 1.93. The van der Waals surface area contributed by atoms with E-state index in [2.05, 4.69) is 6.92 Å². The molecule has 1 aliphatic rings. The van der Waals surface area contributed by atoms with Gasteiger partial charge in [0.2, 0.25) is 0 Å². The zero-order chi connectivity index (χ0) is 19.9. The molecule has 0 atom stereocenters. The van der Waals surface area contributed by atoms with Crippen LogP contribution in [0.2, 0.25) is 0 Å². The zero-order valence-corrected chi connectivity index (χ0v) is 17.1. The molecule has 0 aromatic heterocycles. The SMILES string of the molecule is CCCCCCCC(=O)c1ccc2c(c1)OCCOCCOCCOCCO2. The highest BCUT2D eigenvalue weighted by atomic mass is 16.6. The van der Waals surface area contributed by atoms with Crippen molar-refractivity contribution in [2.24, 2.45) is 0 Å². The smallest absolute Gasteiger partial charge is 0.163 e. The third-order valence-electron chi connectivity index (χ3n) is 4.49. The summed E-state index contributed by atoms with van der Waals surface area (Å²) >= 11 is 0. The van der Waals surface area contributed by atoms with Crippen molar-refractivity contribution in [3.63, 3.8) is 0 Å². The summed E-state index contributed by atoms with van der Waals surface area (Å²) in [6.45, 7) is 6.04. The van der Waals surface area contributed by atoms with Crippen LogP contribution >= 0.6 is 0 Å². The quantitative estimate of drug-likeness (QED) is 0.514. The molecule has 28 heavy (non-hydrogen) atoms. The molecular weight excluding hydrogens is 360 g/mol. The van der Waals surface area contributed by atoms with E-state index in [0.29, 0.717) is 76.3 Å². The molecule has 6 nitrogen and oxygen atoms in total. The molecule has 2 rings (SSSR count). The molecule has 0 spiro atoms. The lowest BCUT2D eigenvalue weighted by atomic mass is 10.0. The Labute approximate surface area is 168 Å². The van der Waals surface area contributed by atoms with Crippen molar-refractivity contribution in [3.8, 4) is 11.5 Å². The van der Waals surface area contributed by atoms with Gasteiger partial charge in [0.15, 0.2) is 17.3 Å². The van der Waals surface area contributed by atoms with Crippen molar-refractivity contribution in [2.75, 3.05) is 52.9 Å². The molecule has 0 unspecified atom stereocenters. The van der Waals surface area contributed by atoms with Crippen molar-refractivity contribution >= 4 is 5.78 Å². The van der Waals surface area contributed by atoms with Crippen molar-refractivity contribution in [1.82, 2.24) is 0 Å². The number of carbonyl (C=O) groups excluding carboxylic acids is 1. The summed E-state index contributed by atoms with van der Waals surface area (Å²) in [5.74, 6) is 1.34. The maximum atomic E-state index is 12.5. The predicted molar refractivity (Wildman–Crippen MR) is 108 cm³/mol. The van der Waals surface area contributed by atoms with Gasteiger partial charge in [-0.1, -0.05) is 32.6 Å². The molecule has 1 heterocycles. The second-order valence-electron chi connectivity index (χ2n) is 6.78. The van der Waals surface area contributed by atoms with E-state index in [1.54, 1.807) is 6.07 Å². The van der Waals surface area contributed by atoms with E-state index in [4.69, 9.17) is 23.7 Å². The maximum absolute atomic E-state index is 12.5. The van der Waals surface area contributed by atoms with Crippen molar-refractivity contribution < 1.29 is 28.5 Å². The summed E-state index contributed by atoms with van der Waals surface area (Å²) in [5.41, 5.74) is 0.668. The summed E-state index contributed by atoms with van der Waals surface area (Å²) < 4.78 is 28.0. The van der Waals surface area contributed by atoms with E-state index < -0.39 is 0 Å². The fourth-order valence-electron chi connectivity index (χ4n) is 2.91. The topological polar surface area (TPSA) is 63.2 Å². The molecule has 158 valence electrons. The van der Waals surface area contributed by atoms with E-state index in [0.717, 1.165) is 12.8 Å². The number of ketones is 1. The average Bonchev–Trinajstić information content (AvgIpc) is 2.72. The molecule has 1 aromatic rings. The minimum absolute atomic E-state index is 0.149. The summed E-state index contributed by atoms with van der Waals surface area (Å²) in [5, 5.41) is 0. The third-order valence-corrected chi connectivity index (χ3v) is 4.49. The van der Waals surface area contributed by atoms with Gasteiger partial charge in [0.25, 0.3) is 0 Å². The van der Waals surface area contributed by atoms with Gasteiger partial charge in [0, 0.05) is 12.0 Å². The van der Waals surface area contributed by atoms with Gasteiger partial charge < -0.3 is 23.7 Å². The normalized spacial score (nSPS) is 16.8. The molecular formula is C22H34O6. The van der Waals surface area contributed by atoms with Crippen LogP contribution in [0.15, 0.2) is 18.2 Å². The van der Waals surface area contributed by atoms with E-state index >= 15 is 0 Å². The van der Waals surface area contributed by atoms with Crippen LogP contribution in [-0.2, 0) is 14.2 Å². The first-order valence-corrected chi connectivity index (χ1v) is 10.5. The Morgan fingerprint density at radius 3 is 1.96 bits per heavy atom. The lowest BCUT2D eigenvalue weighted by Crippen LogP contribution is -2.13. The van der Waals surface area contributed by atoms with Gasteiger partial charge in [-0.15, -0.1) is 0 Å². The summed E-state index contributed by atoms with van der Waals surface area (Å²) in [6.07, 6.45) is 6.23. The molecule has 0 saturated heterocycles. The molecule has 0 radical (unpaired) electrons. The van der Waals surface area contributed by atoms with Crippen LogP contribution in [0.5, 0.6) is 11.5 Å². The molecule has 0 N–H and O–H groups in total. The monoisotopic (exact) mass is 394 g/mol. The average molecular weight is 395 g/mol. The highest BCUT2D eigenvalue weighted by Crippen LogP contribution is 2.29. The largest absolute Gasteiger partial charge is 0.487 e. The molecule has 0 saturated carbocycles. The van der Waals surface area contributed by atoms with Gasteiger partial charge >= 0.3 is 0 Å². The van der Waals surface area contributed by atoms with Crippen LogP contribution in [0, 0.1) is 0 Å². The minimum Gasteiger partial charge on any atom is -0.487 e. The van der Waals surface area contributed by atoms with Gasteiger partial charge in [0.05, 0.1) is 39.6 Å². The molecule has 1 aliphatic heterocycles. The number of hydrogen-bond acceptors (Lipinski definition) is 6. The second-order valence-corrected chi connectivity index (χ2v) is 6.78. The number of fused-ring (bicyclic) bond motifs is 1. The first kappa shape index (κ1) is 22.7. The van der Waals surface area contributed by atoms with Crippen molar-refractivity contribution in [1.29, 1.82) is 0 Å². The van der Waals surface area contributed by atoms with E-state index in [-0.39, 0.29) is 5.78 Å². The number of benzene rings is 1. The summed E-state index contributed by atoms with van der Waals surface area (Å²) in [7, 11) is 0. The lowest BCUT2D eigenvalue weighted by Gasteiger charge is -2.14. The van der Waals surface area contributed by atoms with E-state index in [1.165, 1.54) is 19.3 Å². The van der Waals surface area contributed by atoms with Crippen LogP contribution in [0.3, 0.4) is 0 Å². The molecule has 0 amide bonds. The van der Waals surface area contributed by atoms with E-state index in [9.17, 15) is 4.79 Å². The predicted octanol–water partition coefficient (Wildman–Crippen LogP) is 4.05. The van der Waals surface area contributed by atoms with Crippen LogP contribution < -0.4 is 9.47 Å². The van der Waals surface area contributed by atoms with Crippen molar-refractivity contribution in [2.45, 2.75) is 45.4 Å². The van der Waals surface area contributed by atoms with Crippen molar-refractivity contribution in [3.05, 3.63) is 23.8 Å². The highest BCUT2D eigenvalue weighted by molar-refractivity contribution is 5.96. The summed E-state index contributed by atoms with van der Waals surface area (Å²) in [6, 6.07) is 5.41. The highest BCUT2D eigenvalue weighted by Gasteiger charge is 2.12. The number of unbranched alkanes of at least 4 members (excludes halogenated alkanes) is 4. The second kappa shape index (κ2) is 14.4. The number of rotatable bonds is 7. The van der Waals surface area contributed by atoms with E-state index in [1.807, 2.05) is 12.1 Å². The van der Waals surface area contributed by atoms with Gasteiger partial charge in [-0.2, -0.15) is 0 Å². The lowest BCUT2D eigenvalue weighted by molar-refractivity contribution is 0.00708. The Morgan fingerprint density at radius 1 is 0.750 bits per heavy atom. The number of Topliss-reactive ketones (excluding diaryl/α,β-unsaturated/α-hetero) is 1. The Morgan fingerprint density at radius 2 is 1.32 bits per heavy atom. The Hall–Kier alpha value is -1.63. The molecule has 0 bridgehead atoms. The first-order chi connectivity index (χ1) is 13.8. The minimum atomic E-state index is 0.149. The molecule has 1 aromatic carbocycles. The first-order valence-electron chi connectivity index (χ1n) is 10.5. The fourth-order valence-corrected chi connectivity index (χ4v) is 2.91. The van der Waals surface area contributed by atoms with Crippen LogP contribution in [0.4, 0.5) is 0 Å². The zero-order valence-electron chi connectivity index (χ0n) is 17.1. The van der Waals surface area contributed by atoms with Crippen LogP contribution in [-0.4, -0.2) is 58.6 Å². The number of carbonyl (C=O) groups is 1. The Kier molecular flexibility index (Phi) is 11.6. The van der Waals surface area contributed by atoms with Gasteiger partial charge in [-0.3, -0.25) is 4.79 Å².